The van der Waals surface area contributed by atoms with Crippen molar-refractivity contribution in [3.8, 4) is 49.8 Å². The molecule has 0 bridgehead atoms. The molecule has 0 radical (unpaired) electrons. The van der Waals surface area contributed by atoms with Gasteiger partial charge in [0, 0.05) is 22.9 Å². The monoisotopic (exact) mass is 658 g/mol. The lowest BCUT2D eigenvalue weighted by atomic mass is 9.79. The number of nitrogens with zero attached hydrogens (tertiary/aromatic N) is 2. The number of aromatic hydroxyl groups is 1. The van der Waals surface area contributed by atoms with Gasteiger partial charge in [-0.05, 0) is 87.0 Å². The number of thiazole rings is 1. The third-order valence-electron chi connectivity index (χ3n) is 9.15. The Morgan fingerprint density at radius 3 is 2.02 bits per heavy atom. The summed E-state index contributed by atoms with van der Waals surface area (Å²) in [6.45, 7) is 13.1. The second kappa shape index (κ2) is 12.8. The van der Waals surface area contributed by atoms with E-state index in [0.717, 1.165) is 60.7 Å². The fourth-order valence-corrected chi connectivity index (χ4v) is 7.44. The largest absolute Gasteiger partial charge is 0.507 e. The van der Waals surface area contributed by atoms with Gasteiger partial charge in [0.1, 0.15) is 10.8 Å². The number of phenols is 1. The number of para-hydroxylation sites is 1. The van der Waals surface area contributed by atoms with E-state index in [-0.39, 0.29) is 10.8 Å². The van der Waals surface area contributed by atoms with Crippen LogP contribution >= 0.6 is 11.3 Å². The maximum Gasteiger partial charge on any atom is 0.129 e. The summed E-state index contributed by atoms with van der Waals surface area (Å²) in [6.07, 6.45) is 2.71. The molecule has 2 heterocycles. The molecule has 0 amide bonds. The number of aromatic nitrogens is 2. The first-order valence-corrected chi connectivity index (χ1v) is 17.7. The number of rotatable bonds is 6. The van der Waals surface area contributed by atoms with Crippen LogP contribution in [0.5, 0.6) is 5.75 Å². The molecule has 3 nitrogen and oxygen atoms in total. The molecular formula is C45H42N2OS. The minimum Gasteiger partial charge on any atom is -0.507 e. The third-order valence-corrected chi connectivity index (χ3v) is 10.2. The zero-order valence-electron chi connectivity index (χ0n) is 29.1. The van der Waals surface area contributed by atoms with Crippen molar-refractivity contribution in [1.82, 2.24) is 9.97 Å². The van der Waals surface area contributed by atoms with Gasteiger partial charge in [-0.3, -0.25) is 4.98 Å². The Balaban J connectivity index is 1.39. The number of fused-ring (bicyclic) bond motifs is 1. The van der Waals surface area contributed by atoms with Gasteiger partial charge < -0.3 is 5.11 Å². The van der Waals surface area contributed by atoms with E-state index in [4.69, 9.17) is 9.97 Å². The normalized spacial score (nSPS) is 12.0. The molecule has 7 rings (SSSR count). The molecule has 0 saturated heterocycles. The summed E-state index contributed by atoms with van der Waals surface area (Å²) < 4.78 is 1.09. The number of benzene rings is 5. The van der Waals surface area contributed by atoms with Gasteiger partial charge in [-0.15, -0.1) is 11.3 Å². The molecule has 49 heavy (non-hydrogen) atoms. The summed E-state index contributed by atoms with van der Waals surface area (Å²) in [5.74, 6) is 0.317. The maximum atomic E-state index is 11.7. The first kappa shape index (κ1) is 32.5. The Labute approximate surface area is 294 Å². The van der Waals surface area contributed by atoms with E-state index in [2.05, 4.69) is 157 Å². The quantitative estimate of drug-likeness (QED) is 0.193. The van der Waals surface area contributed by atoms with Crippen LogP contribution in [0, 0.1) is 0 Å². The fraction of sp³-hybridized carbons (Fsp3) is 0.200. The highest BCUT2D eigenvalue weighted by atomic mass is 32.1. The van der Waals surface area contributed by atoms with E-state index in [1.165, 1.54) is 22.3 Å². The zero-order chi connectivity index (χ0) is 34.3. The van der Waals surface area contributed by atoms with Gasteiger partial charge in [-0.2, -0.15) is 0 Å². The van der Waals surface area contributed by atoms with Crippen molar-refractivity contribution in [2.24, 2.45) is 0 Å². The van der Waals surface area contributed by atoms with E-state index >= 15 is 0 Å². The van der Waals surface area contributed by atoms with Crippen LogP contribution in [0.15, 0.2) is 128 Å². The molecule has 0 aliphatic carbocycles. The van der Waals surface area contributed by atoms with Crippen LogP contribution in [0.25, 0.3) is 54.3 Å². The average Bonchev–Trinajstić information content (AvgIpc) is 3.52. The molecule has 0 spiro atoms. The van der Waals surface area contributed by atoms with Crippen LogP contribution in [-0.2, 0) is 17.3 Å². The van der Waals surface area contributed by atoms with E-state index in [9.17, 15) is 5.11 Å². The molecule has 0 unspecified atom stereocenters. The molecule has 4 heteroatoms. The lowest BCUT2D eigenvalue weighted by Gasteiger charge is -2.27. The lowest BCUT2D eigenvalue weighted by Crippen LogP contribution is -2.17. The average molecular weight is 659 g/mol. The maximum absolute atomic E-state index is 11.7. The summed E-state index contributed by atoms with van der Waals surface area (Å²) in [6, 6.07) is 42.8. The number of phenolic OH excluding ortho intramolecular Hbond substituents is 1. The number of hydrogen-bond acceptors (Lipinski definition) is 4. The molecule has 7 aromatic rings. The summed E-state index contributed by atoms with van der Waals surface area (Å²) in [5.41, 5.74) is 12.5. The van der Waals surface area contributed by atoms with Crippen molar-refractivity contribution < 1.29 is 5.11 Å². The summed E-state index contributed by atoms with van der Waals surface area (Å²) >= 11 is 1.64. The van der Waals surface area contributed by atoms with Crippen molar-refractivity contribution in [3.63, 3.8) is 0 Å². The van der Waals surface area contributed by atoms with Crippen LogP contribution in [0.1, 0.15) is 63.8 Å². The molecule has 5 aromatic carbocycles. The summed E-state index contributed by atoms with van der Waals surface area (Å²) in [7, 11) is 0. The first-order valence-electron chi connectivity index (χ1n) is 16.9. The van der Waals surface area contributed by atoms with Crippen molar-refractivity contribution >= 4 is 21.6 Å². The molecule has 0 aliphatic heterocycles. The van der Waals surface area contributed by atoms with Gasteiger partial charge in [0.15, 0.2) is 0 Å². The van der Waals surface area contributed by atoms with Gasteiger partial charge in [-0.1, -0.05) is 126 Å². The van der Waals surface area contributed by atoms with E-state index in [0.29, 0.717) is 5.75 Å². The standard InChI is InChI=1S/C45H42N2OS/c1-44(2,3)35-27-37(42(48)38(28-35)45(4,5)6)43-47-41-36(18-13-19-40(41)49-43)33-23-30(22-29-14-9-7-10-15-29)24-34(25-33)39-26-32(20-21-46-39)31-16-11-8-12-17-31/h7-21,23-28,48H,22H2,1-6H3. The molecule has 2 aromatic heterocycles. The molecule has 0 aliphatic rings. The Morgan fingerprint density at radius 2 is 1.31 bits per heavy atom. The Kier molecular flexibility index (Phi) is 8.46. The Hall–Kier alpha value is -5.06. The van der Waals surface area contributed by atoms with Crippen molar-refractivity contribution in [2.75, 3.05) is 0 Å². The van der Waals surface area contributed by atoms with Gasteiger partial charge in [0.2, 0.25) is 0 Å². The van der Waals surface area contributed by atoms with Crippen LogP contribution in [0.2, 0.25) is 0 Å². The van der Waals surface area contributed by atoms with Crippen LogP contribution < -0.4 is 0 Å². The summed E-state index contributed by atoms with van der Waals surface area (Å²) in [4.78, 5) is 10.1. The smallest absolute Gasteiger partial charge is 0.129 e. The summed E-state index contributed by atoms with van der Waals surface area (Å²) in [5, 5.41) is 12.5. The van der Waals surface area contributed by atoms with E-state index < -0.39 is 0 Å². The fourth-order valence-electron chi connectivity index (χ4n) is 6.43. The molecule has 244 valence electrons. The minimum absolute atomic E-state index is 0.0776. The second-order valence-electron chi connectivity index (χ2n) is 15.0. The van der Waals surface area contributed by atoms with E-state index in [1.807, 2.05) is 12.3 Å². The molecule has 1 N–H and O–H groups in total. The van der Waals surface area contributed by atoms with Gasteiger partial charge in [0.05, 0.1) is 21.5 Å². The predicted molar refractivity (Wildman–Crippen MR) is 207 cm³/mol. The van der Waals surface area contributed by atoms with Crippen molar-refractivity contribution in [1.29, 1.82) is 0 Å². The van der Waals surface area contributed by atoms with Crippen LogP contribution in [0.3, 0.4) is 0 Å². The van der Waals surface area contributed by atoms with Gasteiger partial charge >= 0.3 is 0 Å². The second-order valence-corrected chi connectivity index (χ2v) is 16.0. The highest BCUT2D eigenvalue weighted by Gasteiger charge is 2.27. The molecule has 0 saturated carbocycles. The molecule has 0 atom stereocenters. The molecule has 0 fully saturated rings. The highest BCUT2D eigenvalue weighted by Crippen LogP contribution is 2.45. The zero-order valence-corrected chi connectivity index (χ0v) is 29.9. The molecular weight excluding hydrogens is 617 g/mol. The van der Waals surface area contributed by atoms with Crippen LogP contribution in [0.4, 0.5) is 0 Å². The predicted octanol–water partition coefficient (Wildman–Crippen LogP) is 12.3. The Bertz CT molecular complexity index is 2270. The van der Waals surface area contributed by atoms with Gasteiger partial charge in [0.25, 0.3) is 0 Å². The third kappa shape index (κ3) is 6.79. The van der Waals surface area contributed by atoms with Crippen molar-refractivity contribution in [2.45, 2.75) is 58.8 Å². The topological polar surface area (TPSA) is 46.0 Å². The Morgan fingerprint density at radius 1 is 0.592 bits per heavy atom. The minimum atomic E-state index is -0.219. The van der Waals surface area contributed by atoms with Crippen molar-refractivity contribution in [3.05, 3.63) is 150 Å². The number of pyridine rings is 1. The number of hydrogen-bond donors (Lipinski definition) is 1. The van der Waals surface area contributed by atoms with Gasteiger partial charge in [-0.25, -0.2) is 4.98 Å². The van der Waals surface area contributed by atoms with Crippen LogP contribution in [-0.4, -0.2) is 15.1 Å². The lowest BCUT2D eigenvalue weighted by molar-refractivity contribution is 0.446. The first-order chi connectivity index (χ1) is 23.4. The van der Waals surface area contributed by atoms with E-state index in [1.54, 1.807) is 11.3 Å². The SMILES string of the molecule is CC(C)(C)c1cc(-c2nc3c(-c4cc(Cc5ccccc5)cc(-c5cc(-c6ccccc6)ccn5)c4)cccc3s2)c(O)c(C(C)(C)C)c1. The highest BCUT2D eigenvalue weighted by molar-refractivity contribution is 7.21.